The predicted octanol–water partition coefficient (Wildman–Crippen LogP) is 4.06. The van der Waals surface area contributed by atoms with Crippen LogP contribution in [0.15, 0.2) is 48.5 Å². The molecule has 0 fully saturated rings. The number of aryl methyl sites for hydroxylation is 1. The Morgan fingerprint density at radius 1 is 1.11 bits per heavy atom. The number of H-pyrrole nitrogens is 1. The lowest BCUT2D eigenvalue weighted by Gasteiger charge is -2.04. The van der Waals surface area contributed by atoms with Gasteiger partial charge in [-0.1, -0.05) is 36.4 Å². The van der Waals surface area contributed by atoms with Gasteiger partial charge in [0, 0.05) is 0 Å². The Hall–Kier alpha value is -1.87. The second-order valence-electron chi connectivity index (χ2n) is 4.52. The van der Waals surface area contributed by atoms with Crippen molar-refractivity contribution in [3.63, 3.8) is 0 Å². The molecule has 0 unspecified atom stereocenters. The predicted molar refractivity (Wildman–Crippen MR) is 77.4 cm³/mol. The fraction of sp³-hybridized carbons (Fsp3) is 0.133. The smallest absolute Gasteiger partial charge is 0.178 e. The molecule has 0 saturated heterocycles. The Morgan fingerprint density at radius 3 is 2.67 bits per heavy atom. The van der Waals surface area contributed by atoms with Crippen LogP contribution in [0, 0.1) is 11.7 Å². The minimum absolute atomic E-state index is 0.777. The van der Waals surface area contributed by atoms with Gasteiger partial charge in [0.05, 0.1) is 17.6 Å². The van der Waals surface area contributed by atoms with E-state index in [0.29, 0.717) is 0 Å². The summed E-state index contributed by atoms with van der Waals surface area (Å²) in [6.45, 7) is 2.90. The van der Waals surface area contributed by atoms with Gasteiger partial charge in [0.2, 0.25) is 0 Å². The minimum Gasteiger partial charge on any atom is -0.331 e. The van der Waals surface area contributed by atoms with Crippen LogP contribution in [-0.4, -0.2) is 9.55 Å². The highest BCUT2D eigenvalue weighted by molar-refractivity contribution is 7.71. The third-order valence-corrected chi connectivity index (χ3v) is 3.44. The van der Waals surface area contributed by atoms with Crippen LogP contribution in [-0.2, 0) is 6.54 Å². The van der Waals surface area contributed by atoms with E-state index in [4.69, 9.17) is 12.2 Å². The summed E-state index contributed by atoms with van der Waals surface area (Å²) in [4.78, 5) is 3.27. The highest BCUT2D eigenvalue weighted by atomic mass is 32.1. The van der Waals surface area contributed by atoms with Crippen molar-refractivity contribution >= 4 is 23.3 Å². The Labute approximate surface area is 111 Å². The zero-order chi connectivity index (χ0) is 12.5. The Kier molecular flexibility index (Phi) is 2.76. The van der Waals surface area contributed by atoms with E-state index in [1.54, 1.807) is 0 Å². The Morgan fingerprint density at radius 2 is 1.89 bits per heavy atom. The molecule has 2 nitrogen and oxygen atoms in total. The summed E-state index contributed by atoms with van der Waals surface area (Å²) in [6, 6.07) is 16.7. The number of hydrogen-bond donors (Lipinski definition) is 1. The number of imidazole rings is 1. The lowest BCUT2D eigenvalue weighted by molar-refractivity contribution is 0.810. The summed E-state index contributed by atoms with van der Waals surface area (Å²) in [5, 5.41) is 0. The maximum Gasteiger partial charge on any atom is 0.178 e. The molecule has 0 amide bonds. The lowest BCUT2D eigenvalue weighted by atomic mass is 10.2. The summed E-state index contributed by atoms with van der Waals surface area (Å²) in [5.41, 5.74) is 4.77. The first-order valence-corrected chi connectivity index (χ1v) is 6.38. The third kappa shape index (κ3) is 1.97. The van der Waals surface area contributed by atoms with Crippen molar-refractivity contribution in [3.05, 3.63) is 64.4 Å². The highest BCUT2D eigenvalue weighted by Crippen LogP contribution is 2.17. The number of aromatic amines is 1. The average molecular weight is 254 g/mol. The molecule has 0 bridgehead atoms. The summed E-state index contributed by atoms with van der Waals surface area (Å²) in [6.07, 6.45) is 0. The second-order valence-corrected chi connectivity index (χ2v) is 4.91. The fourth-order valence-corrected chi connectivity index (χ4v) is 2.47. The SMILES string of the molecule is Cc1ccc2c(c1)[nH]c(=S)n2Cc1ccccc1. The fourth-order valence-electron chi connectivity index (χ4n) is 2.20. The highest BCUT2D eigenvalue weighted by Gasteiger charge is 2.04. The van der Waals surface area contributed by atoms with E-state index in [2.05, 4.69) is 58.9 Å². The van der Waals surface area contributed by atoms with Crippen LogP contribution in [0.25, 0.3) is 11.0 Å². The molecular formula is C15H14N2S. The topological polar surface area (TPSA) is 20.7 Å². The van der Waals surface area contributed by atoms with Crippen LogP contribution in [0.4, 0.5) is 0 Å². The summed E-state index contributed by atoms with van der Waals surface area (Å²) in [5.74, 6) is 0. The largest absolute Gasteiger partial charge is 0.331 e. The molecule has 90 valence electrons. The van der Waals surface area contributed by atoms with Gasteiger partial charge in [0.15, 0.2) is 4.77 Å². The molecule has 0 aliphatic carbocycles. The zero-order valence-corrected chi connectivity index (χ0v) is 11.0. The van der Waals surface area contributed by atoms with Crippen LogP contribution in [0.3, 0.4) is 0 Å². The first-order valence-electron chi connectivity index (χ1n) is 5.97. The van der Waals surface area contributed by atoms with Crippen molar-refractivity contribution in [3.8, 4) is 0 Å². The van der Waals surface area contributed by atoms with Crippen LogP contribution in [0.2, 0.25) is 0 Å². The van der Waals surface area contributed by atoms with Gasteiger partial charge in [-0.3, -0.25) is 0 Å². The van der Waals surface area contributed by atoms with Crippen molar-refractivity contribution in [2.45, 2.75) is 13.5 Å². The first kappa shape index (κ1) is 11.2. The summed E-state index contributed by atoms with van der Waals surface area (Å²) >= 11 is 5.40. The van der Waals surface area contributed by atoms with Crippen molar-refractivity contribution in [1.29, 1.82) is 0 Å². The molecule has 3 heteroatoms. The van der Waals surface area contributed by atoms with E-state index in [1.165, 1.54) is 11.1 Å². The third-order valence-electron chi connectivity index (χ3n) is 3.11. The van der Waals surface area contributed by atoms with E-state index in [9.17, 15) is 0 Å². The average Bonchev–Trinajstić information content (AvgIpc) is 2.66. The monoisotopic (exact) mass is 254 g/mol. The van der Waals surface area contributed by atoms with Crippen LogP contribution < -0.4 is 0 Å². The van der Waals surface area contributed by atoms with Crippen LogP contribution in [0.1, 0.15) is 11.1 Å². The summed E-state index contributed by atoms with van der Waals surface area (Å²) in [7, 11) is 0. The van der Waals surface area contributed by atoms with Gasteiger partial charge in [0.1, 0.15) is 0 Å². The van der Waals surface area contributed by atoms with Crippen molar-refractivity contribution in [1.82, 2.24) is 9.55 Å². The first-order chi connectivity index (χ1) is 8.74. The van der Waals surface area contributed by atoms with Gasteiger partial charge in [-0.2, -0.15) is 0 Å². The molecule has 0 saturated carbocycles. The molecule has 0 aliphatic rings. The van der Waals surface area contributed by atoms with Crippen LogP contribution in [0.5, 0.6) is 0 Å². The van der Waals surface area contributed by atoms with Gasteiger partial charge in [-0.05, 0) is 42.4 Å². The van der Waals surface area contributed by atoms with E-state index in [1.807, 2.05) is 6.07 Å². The van der Waals surface area contributed by atoms with Gasteiger partial charge in [0.25, 0.3) is 0 Å². The van der Waals surface area contributed by atoms with E-state index in [0.717, 1.165) is 22.3 Å². The number of benzene rings is 2. The Balaban J connectivity index is 2.12. The van der Waals surface area contributed by atoms with E-state index in [-0.39, 0.29) is 0 Å². The van der Waals surface area contributed by atoms with Crippen molar-refractivity contribution in [2.75, 3.05) is 0 Å². The lowest BCUT2D eigenvalue weighted by Crippen LogP contribution is -1.99. The molecule has 0 spiro atoms. The van der Waals surface area contributed by atoms with Gasteiger partial charge in [-0.15, -0.1) is 0 Å². The summed E-state index contributed by atoms with van der Waals surface area (Å²) < 4.78 is 2.92. The number of rotatable bonds is 2. The quantitative estimate of drug-likeness (QED) is 0.684. The molecule has 1 heterocycles. The number of fused-ring (bicyclic) bond motifs is 1. The van der Waals surface area contributed by atoms with Gasteiger partial charge < -0.3 is 9.55 Å². The maximum atomic E-state index is 5.40. The number of nitrogens with one attached hydrogen (secondary N) is 1. The standard InChI is InChI=1S/C15H14N2S/c1-11-7-8-14-13(9-11)16-15(18)17(14)10-12-5-3-2-4-6-12/h2-9H,10H2,1H3,(H,16,18). The molecule has 2 aromatic carbocycles. The van der Waals surface area contributed by atoms with E-state index >= 15 is 0 Å². The molecule has 0 atom stereocenters. The van der Waals surface area contributed by atoms with Crippen LogP contribution >= 0.6 is 12.2 Å². The van der Waals surface area contributed by atoms with Crippen molar-refractivity contribution in [2.24, 2.45) is 0 Å². The van der Waals surface area contributed by atoms with E-state index < -0.39 is 0 Å². The molecule has 1 N–H and O–H groups in total. The second kappa shape index (κ2) is 4.42. The molecule has 0 radical (unpaired) electrons. The molecule has 3 aromatic rings. The number of hydrogen-bond acceptors (Lipinski definition) is 1. The molecule has 18 heavy (non-hydrogen) atoms. The molecule has 1 aromatic heterocycles. The minimum atomic E-state index is 0.777. The number of nitrogens with zero attached hydrogens (tertiary/aromatic N) is 1. The maximum absolute atomic E-state index is 5.40. The zero-order valence-electron chi connectivity index (χ0n) is 10.2. The molecule has 0 aliphatic heterocycles. The Bertz CT molecular complexity index is 738. The van der Waals surface area contributed by atoms with Crippen molar-refractivity contribution < 1.29 is 0 Å². The normalized spacial score (nSPS) is 10.9. The van der Waals surface area contributed by atoms with Gasteiger partial charge in [-0.25, -0.2) is 0 Å². The molecular weight excluding hydrogens is 240 g/mol. The molecule has 3 rings (SSSR count). The number of aromatic nitrogens is 2. The van der Waals surface area contributed by atoms with Gasteiger partial charge >= 0.3 is 0 Å².